The Labute approximate surface area is 160 Å². The molecule has 3 aromatic rings. The van der Waals surface area contributed by atoms with Crippen LogP contribution in [0.3, 0.4) is 0 Å². The molecule has 0 unspecified atom stereocenters. The van der Waals surface area contributed by atoms with E-state index < -0.39 is 0 Å². The summed E-state index contributed by atoms with van der Waals surface area (Å²) in [6, 6.07) is 20.0. The number of carbonyl (C=O) groups is 1. The highest BCUT2D eigenvalue weighted by Crippen LogP contribution is 2.19. The predicted octanol–water partition coefficient (Wildman–Crippen LogP) is 4.98. The van der Waals surface area contributed by atoms with Gasteiger partial charge in [-0.25, -0.2) is 0 Å². The Bertz CT molecular complexity index is 936. The van der Waals surface area contributed by atoms with Crippen molar-refractivity contribution in [2.75, 3.05) is 16.8 Å². The van der Waals surface area contributed by atoms with E-state index in [9.17, 15) is 4.79 Å². The van der Waals surface area contributed by atoms with Crippen molar-refractivity contribution in [3.8, 4) is 0 Å². The number of benzene rings is 2. The first kappa shape index (κ1) is 18.6. The van der Waals surface area contributed by atoms with Crippen molar-refractivity contribution in [1.29, 1.82) is 0 Å². The van der Waals surface area contributed by atoms with E-state index in [0.717, 1.165) is 16.9 Å². The molecule has 1 heterocycles. The molecule has 3 rings (SSSR count). The number of anilines is 2. The quantitative estimate of drug-likeness (QED) is 0.675. The van der Waals surface area contributed by atoms with Crippen LogP contribution in [-0.2, 0) is 6.54 Å². The van der Waals surface area contributed by atoms with Crippen LogP contribution in [0.15, 0.2) is 66.9 Å². The van der Waals surface area contributed by atoms with Gasteiger partial charge in [0.1, 0.15) is 5.69 Å². The normalized spacial score (nSPS) is 10.5. The van der Waals surface area contributed by atoms with Gasteiger partial charge < -0.3 is 10.2 Å². The minimum absolute atomic E-state index is 0.0951. The highest BCUT2D eigenvalue weighted by molar-refractivity contribution is 6.05. The SMILES string of the molecule is CCN(C(=O)c1cc(NCc2cccc(C)c2)ccn1)c1cccc(C)c1. The lowest BCUT2D eigenvalue weighted by Gasteiger charge is -2.21. The highest BCUT2D eigenvalue weighted by atomic mass is 16.2. The monoisotopic (exact) mass is 359 g/mol. The molecule has 0 saturated heterocycles. The van der Waals surface area contributed by atoms with E-state index in [4.69, 9.17) is 0 Å². The summed E-state index contributed by atoms with van der Waals surface area (Å²) in [6.07, 6.45) is 1.68. The van der Waals surface area contributed by atoms with Gasteiger partial charge in [0, 0.05) is 30.7 Å². The zero-order valence-corrected chi connectivity index (χ0v) is 16.1. The summed E-state index contributed by atoms with van der Waals surface area (Å²) in [5, 5.41) is 3.38. The standard InChI is InChI=1S/C23H25N3O/c1-4-26(21-10-6-8-18(3)14-21)23(27)22-15-20(11-12-24-22)25-16-19-9-5-7-17(2)13-19/h5-15H,4,16H2,1-3H3,(H,24,25). The molecule has 0 bridgehead atoms. The van der Waals surface area contributed by atoms with E-state index in [-0.39, 0.29) is 5.91 Å². The molecule has 1 N–H and O–H groups in total. The minimum atomic E-state index is -0.0951. The fourth-order valence-corrected chi connectivity index (χ4v) is 3.06. The number of hydrogen-bond donors (Lipinski definition) is 1. The molecule has 4 nitrogen and oxygen atoms in total. The number of aryl methyl sites for hydroxylation is 2. The topological polar surface area (TPSA) is 45.2 Å². The van der Waals surface area contributed by atoms with Crippen LogP contribution in [-0.4, -0.2) is 17.4 Å². The number of hydrogen-bond acceptors (Lipinski definition) is 3. The second-order valence-electron chi connectivity index (χ2n) is 6.66. The summed E-state index contributed by atoms with van der Waals surface area (Å²) in [5.74, 6) is -0.0951. The van der Waals surface area contributed by atoms with Crippen molar-refractivity contribution in [3.05, 3.63) is 89.2 Å². The van der Waals surface area contributed by atoms with Gasteiger partial charge in [0.25, 0.3) is 5.91 Å². The van der Waals surface area contributed by atoms with Crippen LogP contribution in [0.5, 0.6) is 0 Å². The van der Waals surface area contributed by atoms with Crippen LogP contribution >= 0.6 is 0 Å². The Morgan fingerprint density at radius 2 is 1.74 bits per heavy atom. The molecule has 0 atom stereocenters. The molecular weight excluding hydrogens is 334 g/mol. The molecule has 0 saturated carbocycles. The molecular formula is C23H25N3O. The summed E-state index contributed by atoms with van der Waals surface area (Å²) in [6.45, 7) is 7.37. The van der Waals surface area contributed by atoms with Crippen LogP contribution in [0.25, 0.3) is 0 Å². The summed E-state index contributed by atoms with van der Waals surface area (Å²) < 4.78 is 0. The molecule has 1 amide bonds. The lowest BCUT2D eigenvalue weighted by atomic mass is 10.1. The molecule has 27 heavy (non-hydrogen) atoms. The molecule has 0 fully saturated rings. The van der Waals surface area contributed by atoms with Gasteiger partial charge in [-0.1, -0.05) is 42.0 Å². The molecule has 2 aromatic carbocycles. The fourth-order valence-electron chi connectivity index (χ4n) is 3.06. The minimum Gasteiger partial charge on any atom is -0.381 e. The van der Waals surface area contributed by atoms with Gasteiger partial charge in [0.15, 0.2) is 0 Å². The first-order chi connectivity index (χ1) is 13.1. The summed E-state index contributed by atoms with van der Waals surface area (Å²) >= 11 is 0. The van der Waals surface area contributed by atoms with E-state index in [0.29, 0.717) is 18.8 Å². The first-order valence-corrected chi connectivity index (χ1v) is 9.21. The Hall–Kier alpha value is -3.14. The molecule has 4 heteroatoms. The Kier molecular flexibility index (Phi) is 5.87. The van der Waals surface area contributed by atoms with Crippen molar-refractivity contribution >= 4 is 17.3 Å². The maximum Gasteiger partial charge on any atom is 0.276 e. The van der Waals surface area contributed by atoms with Crippen molar-refractivity contribution in [2.24, 2.45) is 0 Å². The second-order valence-corrected chi connectivity index (χ2v) is 6.66. The van der Waals surface area contributed by atoms with Gasteiger partial charge in [-0.05, 0) is 56.2 Å². The van der Waals surface area contributed by atoms with Crippen LogP contribution in [0, 0.1) is 13.8 Å². The Morgan fingerprint density at radius 1 is 1.00 bits per heavy atom. The van der Waals surface area contributed by atoms with Gasteiger partial charge in [-0.3, -0.25) is 9.78 Å². The van der Waals surface area contributed by atoms with Crippen molar-refractivity contribution in [3.63, 3.8) is 0 Å². The molecule has 0 aliphatic heterocycles. The number of amides is 1. The van der Waals surface area contributed by atoms with Crippen molar-refractivity contribution in [1.82, 2.24) is 4.98 Å². The van der Waals surface area contributed by atoms with E-state index in [1.807, 2.05) is 50.2 Å². The smallest absolute Gasteiger partial charge is 0.276 e. The molecule has 0 aliphatic carbocycles. The van der Waals surface area contributed by atoms with Crippen LogP contribution in [0.2, 0.25) is 0 Å². The molecule has 1 aromatic heterocycles. The lowest BCUT2D eigenvalue weighted by Crippen LogP contribution is -2.31. The number of nitrogens with one attached hydrogen (secondary N) is 1. The molecule has 0 aliphatic rings. The van der Waals surface area contributed by atoms with E-state index in [2.05, 4.69) is 41.5 Å². The molecule has 138 valence electrons. The average molecular weight is 359 g/mol. The van der Waals surface area contributed by atoms with E-state index >= 15 is 0 Å². The first-order valence-electron chi connectivity index (χ1n) is 9.21. The zero-order chi connectivity index (χ0) is 19.2. The number of nitrogens with zero attached hydrogens (tertiary/aromatic N) is 2. The number of carbonyl (C=O) groups excluding carboxylic acids is 1. The zero-order valence-electron chi connectivity index (χ0n) is 16.1. The fraction of sp³-hybridized carbons (Fsp3) is 0.217. The predicted molar refractivity (Wildman–Crippen MR) is 111 cm³/mol. The van der Waals surface area contributed by atoms with Crippen LogP contribution < -0.4 is 10.2 Å². The summed E-state index contributed by atoms with van der Waals surface area (Å²) in [7, 11) is 0. The molecule has 0 radical (unpaired) electrons. The lowest BCUT2D eigenvalue weighted by molar-refractivity contribution is 0.0983. The number of rotatable bonds is 6. The summed E-state index contributed by atoms with van der Waals surface area (Å²) in [5.41, 5.74) is 5.77. The van der Waals surface area contributed by atoms with E-state index in [1.165, 1.54) is 11.1 Å². The highest BCUT2D eigenvalue weighted by Gasteiger charge is 2.17. The van der Waals surface area contributed by atoms with Crippen molar-refractivity contribution < 1.29 is 4.79 Å². The van der Waals surface area contributed by atoms with Gasteiger partial charge >= 0.3 is 0 Å². The Morgan fingerprint density at radius 3 is 2.44 bits per heavy atom. The largest absolute Gasteiger partial charge is 0.381 e. The van der Waals surface area contributed by atoms with Gasteiger partial charge in [0.05, 0.1) is 0 Å². The third-order valence-corrected chi connectivity index (χ3v) is 4.43. The third kappa shape index (κ3) is 4.73. The van der Waals surface area contributed by atoms with Crippen molar-refractivity contribution in [2.45, 2.75) is 27.3 Å². The van der Waals surface area contributed by atoms with Gasteiger partial charge in [0.2, 0.25) is 0 Å². The van der Waals surface area contributed by atoms with Crippen LogP contribution in [0.4, 0.5) is 11.4 Å². The van der Waals surface area contributed by atoms with Crippen LogP contribution in [0.1, 0.15) is 34.1 Å². The molecule has 0 spiro atoms. The third-order valence-electron chi connectivity index (χ3n) is 4.43. The summed E-state index contributed by atoms with van der Waals surface area (Å²) in [4.78, 5) is 19.0. The average Bonchev–Trinajstić information content (AvgIpc) is 2.67. The number of pyridine rings is 1. The maximum absolute atomic E-state index is 13.0. The Balaban J connectivity index is 1.76. The van der Waals surface area contributed by atoms with Gasteiger partial charge in [-0.2, -0.15) is 0 Å². The number of aromatic nitrogens is 1. The van der Waals surface area contributed by atoms with E-state index in [1.54, 1.807) is 11.1 Å². The van der Waals surface area contributed by atoms with Gasteiger partial charge in [-0.15, -0.1) is 0 Å². The maximum atomic E-state index is 13.0. The second kappa shape index (κ2) is 8.49.